The maximum absolute atomic E-state index is 12.2. The minimum absolute atomic E-state index is 0.173. The van der Waals surface area contributed by atoms with Crippen LogP contribution in [0.5, 0.6) is 11.5 Å². The Morgan fingerprint density at radius 2 is 1.83 bits per heavy atom. The molecule has 1 heterocycles. The fourth-order valence-corrected chi connectivity index (χ4v) is 2.20. The van der Waals surface area contributed by atoms with Crippen molar-refractivity contribution >= 4 is 17.7 Å². The van der Waals surface area contributed by atoms with E-state index in [-0.39, 0.29) is 12.7 Å². The van der Waals surface area contributed by atoms with Gasteiger partial charge in [-0.25, -0.2) is 4.79 Å². The normalized spacial score (nSPS) is 11.7. The molecular weight excluding hydrogens is 312 g/mol. The van der Waals surface area contributed by atoms with Crippen LogP contribution < -0.4 is 20.1 Å². The van der Waals surface area contributed by atoms with Crippen molar-refractivity contribution in [2.45, 2.75) is 6.54 Å². The molecule has 2 amide bonds. The van der Waals surface area contributed by atoms with Gasteiger partial charge in [0.15, 0.2) is 11.5 Å². The lowest BCUT2D eigenvalue weighted by molar-refractivity contribution is 0.0950. The van der Waals surface area contributed by atoms with Gasteiger partial charge in [0.2, 0.25) is 6.79 Å². The summed E-state index contributed by atoms with van der Waals surface area (Å²) in [6, 6.07) is 12.1. The molecule has 0 spiro atoms. The molecule has 3 rings (SSSR count). The van der Waals surface area contributed by atoms with Gasteiger partial charge in [0.05, 0.1) is 7.11 Å². The van der Waals surface area contributed by atoms with Crippen LogP contribution in [-0.4, -0.2) is 25.9 Å². The van der Waals surface area contributed by atoms with Crippen LogP contribution in [0.3, 0.4) is 0 Å². The molecule has 1 aliphatic rings. The Kier molecular flexibility index (Phi) is 4.51. The van der Waals surface area contributed by atoms with Crippen molar-refractivity contribution in [3.8, 4) is 11.5 Å². The number of carbonyl (C=O) groups excluding carboxylic acids is 2. The molecule has 2 N–H and O–H groups in total. The Morgan fingerprint density at radius 1 is 1.08 bits per heavy atom. The zero-order chi connectivity index (χ0) is 16.9. The molecule has 0 fully saturated rings. The van der Waals surface area contributed by atoms with Gasteiger partial charge in [0.25, 0.3) is 5.91 Å². The maximum atomic E-state index is 12.2. The maximum Gasteiger partial charge on any atom is 0.411 e. The van der Waals surface area contributed by atoms with Gasteiger partial charge in [0.1, 0.15) is 0 Å². The first-order valence-corrected chi connectivity index (χ1v) is 7.27. The van der Waals surface area contributed by atoms with Gasteiger partial charge in [-0.1, -0.05) is 12.1 Å². The van der Waals surface area contributed by atoms with Crippen LogP contribution in [0.2, 0.25) is 0 Å². The average Bonchev–Trinajstić information content (AvgIpc) is 3.08. The number of benzene rings is 2. The number of methoxy groups -OCH3 is 1. The lowest BCUT2D eigenvalue weighted by atomic mass is 10.1. The summed E-state index contributed by atoms with van der Waals surface area (Å²) < 4.78 is 15.0. The average molecular weight is 328 g/mol. The number of anilines is 1. The molecule has 0 unspecified atom stereocenters. The van der Waals surface area contributed by atoms with Crippen molar-refractivity contribution in [3.05, 3.63) is 53.6 Å². The smallest absolute Gasteiger partial charge is 0.411 e. The number of hydrogen-bond acceptors (Lipinski definition) is 5. The van der Waals surface area contributed by atoms with Crippen LogP contribution in [0, 0.1) is 0 Å². The SMILES string of the molecule is COC(=O)Nc1ccc(CNC(=O)c2ccc3c(c2)OCO3)cc1. The summed E-state index contributed by atoms with van der Waals surface area (Å²) in [5.41, 5.74) is 2.02. The Labute approximate surface area is 138 Å². The van der Waals surface area contributed by atoms with Gasteiger partial charge >= 0.3 is 6.09 Å². The summed E-state index contributed by atoms with van der Waals surface area (Å²) >= 11 is 0. The van der Waals surface area contributed by atoms with E-state index >= 15 is 0 Å². The van der Waals surface area contributed by atoms with Crippen molar-refractivity contribution < 1.29 is 23.8 Å². The summed E-state index contributed by atoms with van der Waals surface area (Å²) in [7, 11) is 1.30. The molecule has 0 aromatic heterocycles. The minimum Gasteiger partial charge on any atom is -0.454 e. The Morgan fingerprint density at radius 3 is 2.58 bits per heavy atom. The van der Waals surface area contributed by atoms with Crippen LogP contribution >= 0.6 is 0 Å². The van der Waals surface area contributed by atoms with E-state index < -0.39 is 6.09 Å². The number of carbonyl (C=O) groups is 2. The quantitative estimate of drug-likeness (QED) is 0.901. The number of ether oxygens (including phenoxy) is 3. The molecule has 2 aromatic rings. The van der Waals surface area contributed by atoms with Gasteiger partial charge in [-0.2, -0.15) is 0 Å². The van der Waals surface area contributed by atoms with Crippen LogP contribution in [0.25, 0.3) is 0 Å². The lowest BCUT2D eigenvalue weighted by Gasteiger charge is -2.08. The largest absolute Gasteiger partial charge is 0.454 e. The van der Waals surface area contributed by atoms with E-state index in [0.717, 1.165) is 5.56 Å². The molecule has 2 aromatic carbocycles. The highest BCUT2D eigenvalue weighted by molar-refractivity contribution is 5.94. The number of amides is 2. The second-order valence-corrected chi connectivity index (χ2v) is 5.06. The molecule has 0 saturated heterocycles. The van der Waals surface area contributed by atoms with E-state index in [1.165, 1.54) is 7.11 Å². The van der Waals surface area contributed by atoms with Crippen molar-refractivity contribution in [2.75, 3.05) is 19.2 Å². The fourth-order valence-electron chi connectivity index (χ4n) is 2.20. The molecule has 0 radical (unpaired) electrons. The van der Waals surface area contributed by atoms with E-state index in [0.29, 0.717) is 29.3 Å². The zero-order valence-corrected chi connectivity index (χ0v) is 13.0. The van der Waals surface area contributed by atoms with Crippen LogP contribution in [0.15, 0.2) is 42.5 Å². The first-order valence-electron chi connectivity index (χ1n) is 7.27. The highest BCUT2D eigenvalue weighted by Crippen LogP contribution is 2.32. The van der Waals surface area contributed by atoms with E-state index in [1.54, 1.807) is 30.3 Å². The number of fused-ring (bicyclic) bond motifs is 1. The van der Waals surface area contributed by atoms with Crippen LogP contribution in [-0.2, 0) is 11.3 Å². The highest BCUT2D eigenvalue weighted by atomic mass is 16.7. The Bertz CT molecular complexity index is 758. The number of nitrogens with one attached hydrogen (secondary N) is 2. The number of rotatable bonds is 4. The third-order valence-electron chi connectivity index (χ3n) is 3.47. The first kappa shape index (κ1) is 15.7. The third-order valence-corrected chi connectivity index (χ3v) is 3.47. The summed E-state index contributed by atoms with van der Waals surface area (Å²) in [4.78, 5) is 23.3. The predicted octanol–water partition coefficient (Wildman–Crippen LogP) is 2.52. The Hall–Kier alpha value is -3.22. The van der Waals surface area contributed by atoms with Gasteiger partial charge in [-0.05, 0) is 35.9 Å². The topological polar surface area (TPSA) is 85.9 Å². The second-order valence-electron chi connectivity index (χ2n) is 5.06. The third kappa shape index (κ3) is 3.57. The first-order chi connectivity index (χ1) is 11.7. The monoisotopic (exact) mass is 328 g/mol. The van der Waals surface area contributed by atoms with Crippen LogP contribution in [0.1, 0.15) is 15.9 Å². The van der Waals surface area contributed by atoms with E-state index in [9.17, 15) is 9.59 Å². The van der Waals surface area contributed by atoms with Gasteiger partial charge in [-0.15, -0.1) is 0 Å². The van der Waals surface area contributed by atoms with Crippen LogP contribution in [0.4, 0.5) is 10.5 Å². The molecule has 124 valence electrons. The molecular formula is C17H16N2O5. The molecule has 24 heavy (non-hydrogen) atoms. The summed E-state index contributed by atoms with van der Waals surface area (Å²) in [5, 5.41) is 5.39. The highest BCUT2D eigenvalue weighted by Gasteiger charge is 2.16. The van der Waals surface area contributed by atoms with E-state index in [2.05, 4.69) is 15.4 Å². The number of hydrogen-bond donors (Lipinski definition) is 2. The lowest BCUT2D eigenvalue weighted by Crippen LogP contribution is -2.22. The summed E-state index contributed by atoms with van der Waals surface area (Å²) in [6.45, 7) is 0.540. The van der Waals surface area contributed by atoms with Gasteiger partial charge in [-0.3, -0.25) is 10.1 Å². The molecule has 0 bridgehead atoms. The predicted molar refractivity (Wildman–Crippen MR) is 86.2 cm³/mol. The molecule has 1 aliphatic heterocycles. The standard InChI is InChI=1S/C17H16N2O5/c1-22-17(21)19-13-5-2-11(3-6-13)9-18-16(20)12-4-7-14-15(8-12)24-10-23-14/h2-8H,9-10H2,1H3,(H,18,20)(H,19,21). The second kappa shape index (κ2) is 6.91. The fraction of sp³-hybridized carbons (Fsp3) is 0.176. The minimum atomic E-state index is -0.529. The molecule has 7 nitrogen and oxygen atoms in total. The van der Waals surface area contributed by atoms with E-state index in [1.807, 2.05) is 12.1 Å². The van der Waals surface area contributed by atoms with E-state index in [4.69, 9.17) is 9.47 Å². The van der Waals surface area contributed by atoms with Crippen molar-refractivity contribution in [3.63, 3.8) is 0 Å². The molecule has 7 heteroatoms. The van der Waals surface area contributed by atoms with Gasteiger partial charge in [0, 0.05) is 17.8 Å². The summed E-state index contributed by atoms with van der Waals surface area (Å²) in [5.74, 6) is 1.01. The van der Waals surface area contributed by atoms with Crippen molar-refractivity contribution in [1.82, 2.24) is 5.32 Å². The zero-order valence-electron chi connectivity index (χ0n) is 13.0. The Balaban J connectivity index is 1.57. The molecule has 0 aliphatic carbocycles. The molecule has 0 atom stereocenters. The van der Waals surface area contributed by atoms with Crippen molar-refractivity contribution in [2.24, 2.45) is 0 Å². The molecule has 0 saturated carbocycles. The van der Waals surface area contributed by atoms with Crippen molar-refractivity contribution in [1.29, 1.82) is 0 Å². The summed E-state index contributed by atoms with van der Waals surface area (Å²) in [6.07, 6.45) is -0.529. The van der Waals surface area contributed by atoms with Gasteiger partial charge < -0.3 is 19.5 Å².